The van der Waals surface area contributed by atoms with E-state index in [9.17, 15) is 13.2 Å². The second kappa shape index (κ2) is 7.41. The molecule has 1 fully saturated rings. The summed E-state index contributed by atoms with van der Waals surface area (Å²) in [5, 5.41) is 2.33. The van der Waals surface area contributed by atoms with Crippen LogP contribution in [0.25, 0.3) is 0 Å². The Morgan fingerprint density at radius 3 is 2.45 bits per heavy atom. The van der Waals surface area contributed by atoms with Gasteiger partial charge in [-0.05, 0) is 24.3 Å². The molecule has 1 amide bonds. The number of amides is 1. The molecule has 0 atom stereocenters. The van der Waals surface area contributed by atoms with Crippen LogP contribution in [-0.4, -0.2) is 58.3 Å². The molecule has 1 aliphatic heterocycles. The number of sulfone groups is 1. The van der Waals surface area contributed by atoms with Gasteiger partial charge in [0, 0.05) is 11.4 Å². The van der Waals surface area contributed by atoms with E-state index in [4.69, 9.17) is 11.6 Å². The summed E-state index contributed by atoms with van der Waals surface area (Å²) in [6, 6.07) is 5.97. The zero-order valence-electron chi connectivity index (χ0n) is 12.5. The summed E-state index contributed by atoms with van der Waals surface area (Å²) in [6.07, 6.45) is -0.0514. The fourth-order valence-electron chi connectivity index (χ4n) is 2.22. The van der Waals surface area contributed by atoms with Crippen molar-refractivity contribution in [2.24, 2.45) is 0 Å². The number of benzene rings is 1. The maximum absolute atomic E-state index is 12.1. The lowest BCUT2D eigenvalue weighted by atomic mass is 10.4. The molecular formula is C14H21ClN3O3S+. The first-order valence-corrected chi connectivity index (χ1v) is 9.24. The van der Waals surface area contributed by atoms with Crippen molar-refractivity contribution in [3.63, 3.8) is 0 Å². The van der Waals surface area contributed by atoms with Crippen molar-refractivity contribution in [2.45, 2.75) is 11.3 Å². The van der Waals surface area contributed by atoms with Crippen LogP contribution in [0.3, 0.4) is 0 Å². The highest BCUT2D eigenvalue weighted by molar-refractivity contribution is 7.91. The fraction of sp³-hybridized carbons (Fsp3) is 0.500. The number of piperazine rings is 1. The molecule has 1 saturated heterocycles. The number of hydrazine groups is 1. The van der Waals surface area contributed by atoms with E-state index in [0.29, 0.717) is 5.02 Å². The molecule has 1 heterocycles. The van der Waals surface area contributed by atoms with Gasteiger partial charge in [-0.25, -0.2) is 13.4 Å². The van der Waals surface area contributed by atoms with Crippen LogP contribution in [0.5, 0.6) is 0 Å². The number of rotatable bonds is 5. The lowest BCUT2D eigenvalue weighted by Crippen LogP contribution is -3.12. The number of hydrogen-bond donors (Lipinski definition) is 2. The number of halogens is 1. The maximum atomic E-state index is 12.1. The molecule has 0 spiro atoms. The standard InChI is InChI=1S/C14H20ClN3O3S/c1-17-7-9-18(10-8-17)16-14(19)6-11-22(20,21)13-4-2-12(15)3-5-13/h2-5H,6-11H2,1H3,(H,16,19)/p+1. The Morgan fingerprint density at radius 2 is 1.86 bits per heavy atom. The molecule has 6 nitrogen and oxygen atoms in total. The molecule has 0 saturated carbocycles. The number of nitrogens with zero attached hydrogens (tertiary/aromatic N) is 1. The fourth-order valence-corrected chi connectivity index (χ4v) is 3.59. The molecule has 2 rings (SSSR count). The highest BCUT2D eigenvalue weighted by Crippen LogP contribution is 2.15. The molecule has 0 unspecified atom stereocenters. The van der Waals surface area contributed by atoms with Gasteiger partial charge in [-0.2, -0.15) is 0 Å². The van der Waals surface area contributed by atoms with Crippen LogP contribution in [0.1, 0.15) is 6.42 Å². The van der Waals surface area contributed by atoms with E-state index < -0.39 is 9.84 Å². The Bertz CT molecular complexity index is 611. The van der Waals surface area contributed by atoms with Gasteiger partial charge >= 0.3 is 0 Å². The molecule has 0 bridgehead atoms. The van der Waals surface area contributed by atoms with Crippen LogP contribution in [0.4, 0.5) is 0 Å². The third kappa shape index (κ3) is 4.95. The van der Waals surface area contributed by atoms with Gasteiger partial charge in [0.1, 0.15) is 0 Å². The van der Waals surface area contributed by atoms with Gasteiger partial charge in [0.05, 0.1) is 43.9 Å². The number of carbonyl (C=O) groups excluding carboxylic acids is 1. The first kappa shape index (κ1) is 17.2. The second-order valence-corrected chi connectivity index (χ2v) is 8.05. The first-order valence-electron chi connectivity index (χ1n) is 7.21. The highest BCUT2D eigenvalue weighted by Gasteiger charge is 2.20. The molecule has 8 heteroatoms. The van der Waals surface area contributed by atoms with Crippen LogP contribution in [0, 0.1) is 0 Å². The lowest BCUT2D eigenvalue weighted by molar-refractivity contribution is -0.884. The minimum Gasteiger partial charge on any atom is -0.335 e. The number of quaternary nitrogens is 1. The van der Waals surface area contributed by atoms with Gasteiger partial charge in [-0.3, -0.25) is 10.2 Å². The largest absolute Gasteiger partial charge is 0.335 e. The number of carbonyl (C=O) groups is 1. The van der Waals surface area contributed by atoms with Crippen molar-refractivity contribution in [1.82, 2.24) is 10.4 Å². The topological polar surface area (TPSA) is 70.9 Å². The first-order chi connectivity index (χ1) is 10.4. The number of nitrogens with one attached hydrogen (secondary N) is 2. The van der Waals surface area contributed by atoms with E-state index in [-0.39, 0.29) is 23.0 Å². The van der Waals surface area contributed by atoms with Gasteiger partial charge in [0.2, 0.25) is 5.91 Å². The monoisotopic (exact) mass is 346 g/mol. The third-order valence-corrected chi connectivity index (χ3v) is 5.65. The SMILES string of the molecule is C[NH+]1CCN(NC(=O)CCS(=O)(=O)c2ccc(Cl)cc2)CC1. The second-order valence-electron chi connectivity index (χ2n) is 5.50. The Balaban J connectivity index is 1.83. The maximum Gasteiger partial charge on any atom is 0.235 e. The number of hydrogen-bond acceptors (Lipinski definition) is 4. The normalized spacial score (nSPS) is 17.4. The van der Waals surface area contributed by atoms with E-state index in [1.807, 2.05) is 5.01 Å². The van der Waals surface area contributed by atoms with E-state index in [1.165, 1.54) is 29.2 Å². The van der Waals surface area contributed by atoms with Crippen molar-refractivity contribution < 1.29 is 18.1 Å². The zero-order valence-corrected chi connectivity index (χ0v) is 14.1. The minimum atomic E-state index is -3.46. The Kier molecular flexibility index (Phi) is 5.80. The molecule has 0 aromatic heterocycles. The van der Waals surface area contributed by atoms with E-state index >= 15 is 0 Å². The highest BCUT2D eigenvalue weighted by atomic mass is 35.5. The Hall–Kier alpha value is -1.15. The molecule has 1 aromatic rings. The molecule has 1 aliphatic rings. The van der Waals surface area contributed by atoms with E-state index in [2.05, 4.69) is 12.5 Å². The summed E-state index contributed by atoms with van der Waals surface area (Å²) >= 11 is 5.74. The molecule has 0 radical (unpaired) electrons. The molecule has 2 N–H and O–H groups in total. The third-order valence-electron chi connectivity index (χ3n) is 3.67. The summed E-state index contributed by atoms with van der Waals surface area (Å²) < 4.78 is 24.3. The molecule has 22 heavy (non-hydrogen) atoms. The van der Waals surface area contributed by atoms with Crippen LogP contribution >= 0.6 is 11.6 Å². The minimum absolute atomic E-state index is 0.0514. The van der Waals surface area contributed by atoms with Gasteiger partial charge < -0.3 is 4.90 Å². The Morgan fingerprint density at radius 1 is 1.27 bits per heavy atom. The Labute approximate surface area is 135 Å². The van der Waals surface area contributed by atoms with Gasteiger partial charge in [0.15, 0.2) is 9.84 Å². The number of likely N-dealkylation sites (N-methyl/N-ethyl adjacent to an activating group) is 1. The van der Waals surface area contributed by atoms with Crippen LogP contribution in [-0.2, 0) is 14.6 Å². The van der Waals surface area contributed by atoms with Gasteiger partial charge in [0.25, 0.3) is 0 Å². The van der Waals surface area contributed by atoms with E-state index in [0.717, 1.165) is 26.2 Å². The smallest absolute Gasteiger partial charge is 0.235 e. The van der Waals surface area contributed by atoms with E-state index in [1.54, 1.807) is 0 Å². The van der Waals surface area contributed by atoms with Crippen LogP contribution in [0.2, 0.25) is 5.02 Å². The molecular weight excluding hydrogens is 326 g/mol. The van der Waals surface area contributed by atoms with Crippen molar-refractivity contribution in [1.29, 1.82) is 0 Å². The van der Waals surface area contributed by atoms with Crippen molar-refractivity contribution in [3.05, 3.63) is 29.3 Å². The van der Waals surface area contributed by atoms with Crippen molar-refractivity contribution in [3.8, 4) is 0 Å². The average Bonchev–Trinajstić information content (AvgIpc) is 2.48. The summed E-state index contributed by atoms with van der Waals surface area (Å²) in [5.74, 6) is -0.475. The molecule has 1 aromatic carbocycles. The van der Waals surface area contributed by atoms with Crippen LogP contribution < -0.4 is 10.3 Å². The van der Waals surface area contributed by atoms with Gasteiger partial charge in [-0.15, -0.1) is 0 Å². The summed E-state index contributed by atoms with van der Waals surface area (Å²) in [6.45, 7) is 3.48. The summed E-state index contributed by atoms with van der Waals surface area (Å²) in [5.41, 5.74) is 2.77. The van der Waals surface area contributed by atoms with Crippen molar-refractivity contribution in [2.75, 3.05) is 39.0 Å². The molecule has 0 aliphatic carbocycles. The van der Waals surface area contributed by atoms with Gasteiger partial charge in [-0.1, -0.05) is 11.6 Å². The van der Waals surface area contributed by atoms with Crippen molar-refractivity contribution >= 4 is 27.3 Å². The quantitative estimate of drug-likeness (QED) is 0.744. The predicted octanol–water partition coefficient (Wildman–Crippen LogP) is -0.635. The predicted molar refractivity (Wildman–Crippen MR) is 84.5 cm³/mol. The zero-order chi connectivity index (χ0) is 16.2. The van der Waals surface area contributed by atoms with Crippen LogP contribution in [0.15, 0.2) is 29.2 Å². The summed E-state index contributed by atoms with van der Waals surface area (Å²) in [7, 11) is -1.35. The average molecular weight is 347 g/mol. The molecule has 122 valence electrons. The lowest BCUT2D eigenvalue weighted by Gasteiger charge is -2.30. The summed E-state index contributed by atoms with van der Waals surface area (Å²) in [4.78, 5) is 13.5.